The van der Waals surface area contributed by atoms with Gasteiger partial charge in [0, 0.05) is 16.1 Å². The van der Waals surface area contributed by atoms with E-state index < -0.39 is 21.5 Å². The average Bonchev–Trinajstić information content (AvgIpc) is 2.55. The minimum Gasteiger partial charge on any atom is -0.492 e. The molecule has 0 spiro atoms. The lowest BCUT2D eigenvalue weighted by molar-refractivity contribution is 0.102. The van der Waals surface area contributed by atoms with Crippen LogP contribution >= 0.6 is 11.6 Å². The molecule has 0 heterocycles. The van der Waals surface area contributed by atoms with Crippen LogP contribution in [0.25, 0.3) is 0 Å². The molecule has 0 fully saturated rings. The number of hydrogen-bond donors (Lipinski definition) is 2. The van der Waals surface area contributed by atoms with Gasteiger partial charge in [-0.15, -0.1) is 0 Å². The second-order valence-electron chi connectivity index (χ2n) is 6.91. The van der Waals surface area contributed by atoms with Crippen LogP contribution in [0.1, 0.15) is 38.1 Å². The highest BCUT2D eigenvalue weighted by Crippen LogP contribution is 2.29. The molecule has 1 amide bonds. The fourth-order valence-corrected chi connectivity index (χ4v) is 3.88. The van der Waals surface area contributed by atoms with Crippen molar-refractivity contribution in [2.75, 3.05) is 11.9 Å². The standard InChI is InChI=1S/C19H23ClN2O4S/c1-5-26-17-11-10-15(27(24,25)22-19(2,3)4)12-16(17)21-18(23)13-6-8-14(20)9-7-13/h6-12,22H,5H2,1-4H3,(H,21,23). The lowest BCUT2D eigenvalue weighted by Crippen LogP contribution is -2.40. The molecule has 0 unspecified atom stereocenters. The van der Waals surface area contributed by atoms with Gasteiger partial charge in [-0.2, -0.15) is 0 Å². The fraction of sp³-hybridized carbons (Fsp3) is 0.316. The molecule has 0 saturated carbocycles. The van der Waals surface area contributed by atoms with Crippen LogP contribution in [-0.2, 0) is 10.0 Å². The number of carbonyl (C=O) groups excluding carboxylic acids is 1. The first-order valence-electron chi connectivity index (χ1n) is 8.39. The molecule has 2 rings (SSSR count). The maximum absolute atomic E-state index is 12.6. The van der Waals surface area contributed by atoms with Crippen molar-refractivity contribution in [2.24, 2.45) is 0 Å². The number of hydrogen-bond acceptors (Lipinski definition) is 4. The molecule has 8 heteroatoms. The maximum atomic E-state index is 12.6. The number of rotatable bonds is 6. The summed E-state index contributed by atoms with van der Waals surface area (Å²) < 4.78 is 33.3. The van der Waals surface area contributed by atoms with Crippen LogP contribution in [0.4, 0.5) is 5.69 Å². The molecular weight excluding hydrogens is 388 g/mol. The SMILES string of the molecule is CCOc1ccc(S(=O)(=O)NC(C)(C)C)cc1NC(=O)c1ccc(Cl)cc1. The zero-order chi connectivity index (χ0) is 20.2. The molecule has 2 N–H and O–H groups in total. The highest BCUT2D eigenvalue weighted by molar-refractivity contribution is 7.89. The average molecular weight is 411 g/mol. The molecular formula is C19H23ClN2O4S. The Bertz CT molecular complexity index is 920. The van der Waals surface area contributed by atoms with Crippen molar-refractivity contribution in [3.8, 4) is 5.75 Å². The van der Waals surface area contributed by atoms with Gasteiger partial charge in [0.15, 0.2) is 0 Å². The first-order valence-corrected chi connectivity index (χ1v) is 10.3. The van der Waals surface area contributed by atoms with Gasteiger partial charge >= 0.3 is 0 Å². The van der Waals surface area contributed by atoms with Crippen molar-refractivity contribution in [1.82, 2.24) is 4.72 Å². The van der Waals surface area contributed by atoms with Crippen molar-refractivity contribution in [3.05, 3.63) is 53.1 Å². The Morgan fingerprint density at radius 1 is 1.11 bits per heavy atom. The maximum Gasteiger partial charge on any atom is 0.255 e. The Hall–Kier alpha value is -2.09. The van der Waals surface area contributed by atoms with Crippen LogP contribution in [0.15, 0.2) is 47.4 Å². The second-order valence-corrected chi connectivity index (χ2v) is 9.03. The van der Waals surface area contributed by atoms with Gasteiger partial charge in [0.1, 0.15) is 5.75 Å². The summed E-state index contributed by atoms with van der Waals surface area (Å²) in [5.74, 6) is -0.0135. The van der Waals surface area contributed by atoms with Crippen molar-refractivity contribution in [1.29, 1.82) is 0 Å². The largest absolute Gasteiger partial charge is 0.492 e. The molecule has 0 aliphatic rings. The number of sulfonamides is 1. The van der Waals surface area contributed by atoms with E-state index in [1.807, 2.05) is 0 Å². The van der Waals surface area contributed by atoms with E-state index in [1.54, 1.807) is 52.0 Å². The van der Waals surface area contributed by atoms with E-state index in [-0.39, 0.29) is 10.6 Å². The molecule has 0 aromatic heterocycles. The molecule has 2 aromatic rings. The highest BCUT2D eigenvalue weighted by Gasteiger charge is 2.23. The lowest BCUT2D eigenvalue weighted by Gasteiger charge is -2.21. The minimum absolute atomic E-state index is 0.0345. The zero-order valence-corrected chi connectivity index (χ0v) is 17.2. The van der Waals surface area contributed by atoms with Gasteiger partial charge in [-0.05, 0) is 70.2 Å². The Balaban J connectivity index is 2.38. The number of anilines is 1. The highest BCUT2D eigenvalue weighted by atomic mass is 35.5. The van der Waals surface area contributed by atoms with E-state index in [0.29, 0.717) is 22.9 Å². The summed E-state index contributed by atoms with van der Waals surface area (Å²) >= 11 is 5.84. The fourth-order valence-electron chi connectivity index (χ4n) is 2.31. The quantitative estimate of drug-likeness (QED) is 0.751. The summed E-state index contributed by atoms with van der Waals surface area (Å²) in [5, 5.41) is 3.22. The normalized spacial score (nSPS) is 11.9. The molecule has 146 valence electrons. The van der Waals surface area contributed by atoms with Gasteiger partial charge in [0.2, 0.25) is 10.0 Å². The van der Waals surface area contributed by atoms with Gasteiger partial charge < -0.3 is 10.1 Å². The van der Waals surface area contributed by atoms with Crippen LogP contribution in [0, 0.1) is 0 Å². The van der Waals surface area contributed by atoms with E-state index in [2.05, 4.69) is 10.0 Å². The van der Waals surface area contributed by atoms with Crippen LogP contribution in [-0.4, -0.2) is 26.5 Å². The number of nitrogens with one attached hydrogen (secondary N) is 2. The van der Waals surface area contributed by atoms with Crippen molar-refractivity contribution in [2.45, 2.75) is 38.1 Å². The first-order chi connectivity index (χ1) is 12.5. The first kappa shape index (κ1) is 21.2. The zero-order valence-electron chi connectivity index (χ0n) is 15.7. The third-order valence-corrected chi connectivity index (χ3v) is 5.36. The van der Waals surface area contributed by atoms with Crippen LogP contribution < -0.4 is 14.8 Å². The van der Waals surface area contributed by atoms with Crippen molar-refractivity contribution < 1.29 is 17.9 Å². The van der Waals surface area contributed by atoms with E-state index in [1.165, 1.54) is 18.2 Å². The Morgan fingerprint density at radius 3 is 2.30 bits per heavy atom. The molecule has 0 saturated heterocycles. The summed E-state index contributed by atoms with van der Waals surface area (Å²) in [4.78, 5) is 12.5. The predicted octanol–water partition coefficient (Wildman–Crippen LogP) is 4.07. The summed E-state index contributed by atoms with van der Waals surface area (Å²) in [6.45, 7) is 7.43. The second kappa shape index (κ2) is 8.29. The van der Waals surface area contributed by atoms with E-state index in [9.17, 15) is 13.2 Å². The lowest BCUT2D eigenvalue weighted by atomic mass is 10.1. The summed E-state index contributed by atoms with van der Waals surface area (Å²) in [6.07, 6.45) is 0. The Morgan fingerprint density at radius 2 is 1.74 bits per heavy atom. The molecule has 2 aromatic carbocycles. The number of carbonyl (C=O) groups is 1. The number of halogens is 1. The number of amides is 1. The molecule has 0 aliphatic carbocycles. The van der Waals surface area contributed by atoms with Crippen LogP contribution in [0.3, 0.4) is 0 Å². The molecule has 27 heavy (non-hydrogen) atoms. The summed E-state index contributed by atoms with van der Waals surface area (Å²) in [5.41, 5.74) is 0.0287. The Labute approximate surface area is 164 Å². The van der Waals surface area contributed by atoms with Gasteiger partial charge in [-0.25, -0.2) is 13.1 Å². The number of benzene rings is 2. The van der Waals surface area contributed by atoms with Crippen LogP contribution in [0.5, 0.6) is 5.75 Å². The third-order valence-electron chi connectivity index (χ3n) is 3.36. The van der Waals surface area contributed by atoms with Gasteiger partial charge in [-0.3, -0.25) is 4.79 Å². The predicted molar refractivity (Wildman–Crippen MR) is 107 cm³/mol. The summed E-state index contributed by atoms with van der Waals surface area (Å²) in [6, 6.07) is 10.7. The topological polar surface area (TPSA) is 84.5 Å². The minimum atomic E-state index is -3.75. The summed E-state index contributed by atoms with van der Waals surface area (Å²) in [7, 11) is -3.75. The molecule has 0 aliphatic heterocycles. The van der Waals surface area contributed by atoms with E-state index >= 15 is 0 Å². The van der Waals surface area contributed by atoms with E-state index in [0.717, 1.165) is 0 Å². The van der Waals surface area contributed by atoms with Gasteiger partial charge in [-0.1, -0.05) is 11.6 Å². The monoisotopic (exact) mass is 410 g/mol. The smallest absolute Gasteiger partial charge is 0.255 e. The van der Waals surface area contributed by atoms with Crippen molar-refractivity contribution in [3.63, 3.8) is 0 Å². The van der Waals surface area contributed by atoms with E-state index in [4.69, 9.17) is 16.3 Å². The molecule has 6 nitrogen and oxygen atoms in total. The van der Waals surface area contributed by atoms with Crippen molar-refractivity contribution >= 4 is 33.2 Å². The van der Waals surface area contributed by atoms with Gasteiger partial charge in [0.25, 0.3) is 5.91 Å². The Kier molecular flexibility index (Phi) is 6.51. The van der Waals surface area contributed by atoms with Crippen LogP contribution in [0.2, 0.25) is 5.02 Å². The van der Waals surface area contributed by atoms with Gasteiger partial charge in [0.05, 0.1) is 17.2 Å². The third kappa shape index (κ3) is 5.95. The molecule has 0 radical (unpaired) electrons. The number of ether oxygens (including phenoxy) is 1. The molecule has 0 atom stereocenters. The molecule has 0 bridgehead atoms.